The molecule has 0 radical (unpaired) electrons. The summed E-state index contributed by atoms with van der Waals surface area (Å²) in [6, 6.07) is 1.04. The van der Waals surface area contributed by atoms with Gasteiger partial charge in [0.15, 0.2) is 0 Å². The summed E-state index contributed by atoms with van der Waals surface area (Å²) in [4.78, 5) is 4.41. The van der Waals surface area contributed by atoms with Gasteiger partial charge in [-0.1, -0.05) is 19.0 Å². The smallest absolute Gasteiger partial charge is 0.321 e. The van der Waals surface area contributed by atoms with Gasteiger partial charge in [0.1, 0.15) is 5.60 Å². The van der Waals surface area contributed by atoms with E-state index in [4.69, 9.17) is 9.26 Å². The lowest BCUT2D eigenvalue weighted by atomic mass is 9.96. The quantitative estimate of drug-likeness (QED) is 0.792. The fourth-order valence-corrected chi connectivity index (χ4v) is 1.98. The second-order valence-electron chi connectivity index (χ2n) is 4.48. The lowest BCUT2D eigenvalue weighted by molar-refractivity contribution is -0.0583. The molecule has 1 fully saturated rings. The number of nitrogens with one attached hydrogen (secondary N) is 1. The van der Waals surface area contributed by atoms with E-state index >= 15 is 0 Å². The van der Waals surface area contributed by atoms with Crippen LogP contribution in [0.1, 0.15) is 52.3 Å². The Morgan fingerprint density at radius 3 is 2.59 bits per heavy atom. The normalized spacial score (nSPS) is 16.2. The van der Waals surface area contributed by atoms with Crippen LogP contribution in [0, 0.1) is 0 Å². The lowest BCUT2D eigenvalue weighted by Crippen LogP contribution is -2.29. The summed E-state index contributed by atoms with van der Waals surface area (Å²) in [6.45, 7) is 6.82. The first kappa shape index (κ1) is 12.4. The van der Waals surface area contributed by atoms with Crippen LogP contribution in [-0.2, 0) is 10.3 Å². The minimum Gasteiger partial charge on any atom is -0.367 e. The zero-order valence-corrected chi connectivity index (χ0v) is 10.8. The molecular weight excluding hydrogens is 218 g/mol. The summed E-state index contributed by atoms with van der Waals surface area (Å²) < 4.78 is 11.1. The Hall–Kier alpha value is -1.10. The van der Waals surface area contributed by atoms with Gasteiger partial charge >= 0.3 is 6.01 Å². The fraction of sp³-hybridized carbons (Fsp3) is 0.833. The number of ether oxygens (including phenoxy) is 1. The van der Waals surface area contributed by atoms with E-state index < -0.39 is 5.60 Å². The van der Waals surface area contributed by atoms with Crippen LogP contribution < -0.4 is 5.32 Å². The number of hydrogen-bond donors (Lipinski definition) is 1. The van der Waals surface area contributed by atoms with Gasteiger partial charge in [0.25, 0.3) is 0 Å². The van der Waals surface area contributed by atoms with Crippen LogP contribution in [-0.4, -0.2) is 22.8 Å². The molecule has 0 atom stereocenters. The minimum atomic E-state index is -0.401. The molecule has 0 aromatic carbocycles. The highest BCUT2D eigenvalue weighted by Crippen LogP contribution is 2.32. The molecule has 0 unspecified atom stereocenters. The van der Waals surface area contributed by atoms with Crippen molar-refractivity contribution >= 4 is 6.01 Å². The molecule has 1 aliphatic carbocycles. The molecule has 0 aliphatic heterocycles. The van der Waals surface area contributed by atoms with E-state index in [9.17, 15) is 0 Å². The van der Waals surface area contributed by atoms with Crippen molar-refractivity contribution in [1.82, 2.24) is 10.1 Å². The minimum absolute atomic E-state index is 0.401. The highest BCUT2D eigenvalue weighted by atomic mass is 16.5. The molecule has 0 amide bonds. The Morgan fingerprint density at radius 2 is 2.06 bits per heavy atom. The topological polar surface area (TPSA) is 60.2 Å². The van der Waals surface area contributed by atoms with Crippen LogP contribution in [0.25, 0.3) is 0 Å². The molecule has 2 rings (SSSR count). The third-order valence-corrected chi connectivity index (χ3v) is 3.30. The Kier molecular flexibility index (Phi) is 3.66. The van der Waals surface area contributed by atoms with Gasteiger partial charge in [0, 0.05) is 12.6 Å². The Labute approximate surface area is 102 Å². The molecule has 96 valence electrons. The van der Waals surface area contributed by atoms with Gasteiger partial charge in [0.2, 0.25) is 5.82 Å². The predicted octanol–water partition coefficient (Wildman–Crippen LogP) is 2.70. The van der Waals surface area contributed by atoms with Crippen molar-refractivity contribution in [2.24, 2.45) is 0 Å². The maximum atomic E-state index is 5.84. The third-order valence-electron chi connectivity index (χ3n) is 3.30. The van der Waals surface area contributed by atoms with Crippen molar-refractivity contribution < 1.29 is 9.26 Å². The number of nitrogens with zero attached hydrogens (tertiary/aromatic N) is 2. The SMILES string of the molecule is CCOC(CC)(CC)c1noc(NC2CC2)n1. The maximum Gasteiger partial charge on any atom is 0.321 e. The van der Waals surface area contributed by atoms with Crippen LogP contribution in [0.4, 0.5) is 6.01 Å². The fourth-order valence-electron chi connectivity index (χ4n) is 1.98. The van der Waals surface area contributed by atoms with Gasteiger partial charge in [-0.15, -0.1) is 0 Å². The Morgan fingerprint density at radius 1 is 1.35 bits per heavy atom. The maximum absolute atomic E-state index is 5.84. The van der Waals surface area contributed by atoms with E-state index in [-0.39, 0.29) is 0 Å². The molecule has 5 heteroatoms. The second kappa shape index (κ2) is 5.04. The molecule has 1 aromatic rings. The first-order valence-electron chi connectivity index (χ1n) is 6.48. The number of rotatable bonds is 7. The molecule has 1 saturated carbocycles. The van der Waals surface area contributed by atoms with Gasteiger partial charge in [0.05, 0.1) is 0 Å². The van der Waals surface area contributed by atoms with Crippen LogP contribution in [0.5, 0.6) is 0 Å². The van der Waals surface area contributed by atoms with E-state index in [2.05, 4.69) is 29.3 Å². The average molecular weight is 239 g/mol. The van der Waals surface area contributed by atoms with Gasteiger partial charge in [-0.05, 0) is 32.6 Å². The summed E-state index contributed by atoms with van der Waals surface area (Å²) >= 11 is 0. The number of anilines is 1. The zero-order chi connectivity index (χ0) is 12.3. The van der Waals surface area contributed by atoms with Gasteiger partial charge in [-0.2, -0.15) is 4.98 Å². The average Bonchev–Trinajstić information content (AvgIpc) is 3.03. The summed E-state index contributed by atoms with van der Waals surface area (Å²) in [5.74, 6) is 0.660. The molecule has 1 aliphatic rings. The predicted molar refractivity (Wildman–Crippen MR) is 64.8 cm³/mol. The second-order valence-corrected chi connectivity index (χ2v) is 4.48. The van der Waals surface area contributed by atoms with Gasteiger partial charge in [-0.3, -0.25) is 0 Å². The van der Waals surface area contributed by atoms with E-state index in [0.717, 1.165) is 12.8 Å². The monoisotopic (exact) mass is 239 g/mol. The molecule has 0 saturated heterocycles. The van der Waals surface area contributed by atoms with Crippen molar-refractivity contribution in [3.63, 3.8) is 0 Å². The summed E-state index contributed by atoms with van der Waals surface area (Å²) in [7, 11) is 0. The highest BCUT2D eigenvalue weighted by molar-refractivity contribution is 5.24. The van der Waals surface area contributed by atoms with Crippen molar-refractivity contribution in [3.8, 4) is 0 Å². The van der Waals surface area contributed by atoms with Crippen molar-refractivity contribution in [2.45, 2.75) is 58.1 Å². The standard InChI is InChI=1S/C12H21N3O2/c1-4-12(5-2,16-6-3)10-14-11(17-15-10)13-9-7-8-9/h9H,4-8H2,1-3H3,(H,13,14,15). The van der Waals surface area contributed by atoms with Crippen LogP contribution in [0.2, 0.25) is 0 Å². The summed E-state index contributed by atoms with van der Waals surface area (Å²) in [5.41, 5.74) is -0.401. The van der Waals surface area contributed by atoms with E-state index in [1.807, 2.05) is 6.92 Å². The molecule has 0 bridgehead atoms. The molecule has 0 spiro atoms. The molecule has 1 aromatic heterocycles. The summed E-state index contributed by atoms with van der Waals surface area (Å²) in [6.07, 6.45) is 4.07. The van der Waals surface area contributed by atoms with Crippen LogP contribution in [0.3, 0.4) is 0 Å². The summed E-state index contributed by atoms with van der Waals surface area (Å²) in [5, 5.41) is 7.26. The molecule has 17 heavy (non-hydrogen) atoms. The Bertz CT molecular complexity index is 356. The van der Waals surface area contributed by atoms with E-state index in [1.165, 1.54) is 12.8 Å². The van der Waals surface area contributed by atoms with Crippen molar-refractivity contribution in [2.75, 3.05) is 11.9 Å². The van der Waals surface area contributed by atoms with Crippen molar-refractivity contribution in [3.05, 3.63) is 5.82 Å². The van der Waals surface area contributed by atoms with E-state index in [0.29, 0.717) is 24.5 Å². The first-order valence-corrected chi connectivity index (χ1v) is 6.48. The molecule has 1 heterocycles. The number of aromatic nitrogens is 2. The molecule has 1 N–H and O–H groups in total. The number of hydrogen-bond acceptors (Lipinski definition) is 5. The van der Waals surface area contributed by atoms with Gasteiger partial charge < -0.3 is 14.6 Å². The lowest BCUT2D eigenvalue weighted by Gasteiger charge is -2.27. The van der Waals surface area contributed by atoms with Gasteiger partial charge in [-0.25, -0.2) is 0 Å². The molecular formula is C12H21N3O2. The highest BCUT2D eigenvalue weighted by Gasteiger charge is 2.35. The van der Waals surface area contributed by atoms with Crippen LogP contribution >= 0.6 is 0 Å². The van der Waals surface area contributed by atoms with Crippen molar-refractivity contribution in [1.29, 1.82) is 0 Å². The van der Waals surface area contributed by atoms with Crippen LogP contribution in [0.15, 0.2) is 4.52 Å². The first-order chi connectivity index (χ1) is 8.24. The van der Waals surface area contributed by atoms with E-state index in [1.54, 1.807) is 0 Å². The zero-order valence-electron chi connectivity index (χ0n) is 10.8. The largest absolute Gasteiger partial charge is 0.367 e. The Balaban J connectivity index is 2.13. The third kappa shape index (κ3) is 2.60. The molecule has 5 nitrogen and oxygen atoms in total.